The van der Waals surface area contributed by atoms with Crippen molar-refractivity contribution in [3.63, 3.8) is 0 Å². The largest absolute Gasteiger partial charge is 0.355 e. The fourth-order valence-electron chi connectivity index (χ4n) is 1.50. The summed E-state index contributed by atoms with van der Waals surface area (Å²) in [4.78, 5) is 12.6. The minimum Gasteiger partial charge on any atom is -0.355 e. The second kappa shape index (κ2) is 6.01. The third-order valence-electron chi connectivity index (χ3n) is 2.41. The summed E-state index contributed by atoms with van der Waals surface area (Å²) in [5.41, 5.74) is 0.0840. The maximum atomic E-state index is 11.2. The molecule has 90 valence electrons. The van der Waals surface area contributed by atoms with Gasteiger partial charge < -0.3 is 10.6 Å². The first kappa shape index (κ1) is 13.2. The lowest BCUT2D eigenvalue weighted by Gasteiger charge is -2.23. The van der Waals surface area contributed by atoms with Gasteiger partial charge in [-0.1, -0.05) is 19.9 Å². The highest BCUT2D eigenvalue weighted by Gasteiger charge is 2.21. The Labute approximate surface area is 101 Å². The third kappa shape index (κ3) is 3.94. The van der Waals surface area contributed by atoms with Crippen LogP contribution in [0, 0.1) is 0 Å². The summed E-state index contributed by atoms with van der Waals surface area (Å²) in [6.45, 7) is 8.18. The summed E-state index contributed by atoms with van der Waals surface area (Å²) in [5.74, 6) is 0.0597. The summed E-state index contributed by atoms with van der Waals surface area (Å²) in [7, 11) is 0. The molecular weight excluding hydrogens is 220 g/mol. The second-order valence-electron chi connectivity index (χ2n) is 4.42. The van der Waals surface area contributed by atoms with E-state index >= 15 is 0 Å². The van der Waals surface area contributed by atoms with E-state index < -0.39 is 0 Å². The molecule has 1 rings (SSSR count). The van der Waals surface area contributed by atoms with Crippen molar-refractivity contribution in [3.8, 4) is 0 Å². The highest BCUT2D eigenvalue weighted by molar-refractivity contribution is 7.10. The van der Waals surface area contributed by atoms with Gasteiger partial charge >= 0.3 is 0 Å². The zero-order valence-corrected chi connectivity index (χ0v) is 11.0. The third-order valence-corrected chi connectivity index (χ3v) is 3.65. The van der Waals surface area contributed by atoms with E-state index in [1.54, 1.807) is 11.3 Å². The first-order chi connectivity index (χ1) is 7.56. The van der Waals surface area contributed by atoms with Gasteiger partial charge in [-0.3, -0.25) is 4.79 Å². The fraction of sp³-hybridized carbons (Fsp3) is 0.583. The molecule has 0 aliphatic rings. The van der Waals surface area contributed by atoms with Crippen LogP contribution in [0.4, 0.5) is 0 Å². The van der Waals surface area contributed by atoms with E-state index in [0.717, 1.165) is 6.54 Å². The Morgan fingerprint density at radius 2 is 2.25 bits per heavy atom. The summed E-state index contributed by atoms with van der Waals surface area (Å²) in [6.07, 6.45) is 0. The van der Waals surface area contributed by atoms with Gasteiger partial charge in [-0.05, 0) is 18.4 Å². The Balaban J connectivity index is 2.34. The molecule has 1 amide bonds. The molecule has 1 aromatic rings. The van der Waals surface area contributed by atoms with Gasteiger partial charge in [-0.15, -0.1) is 11.3 Å². The Hall–Kier alpha value is -0.870. The second-order valence-corrected chi connectivity index (χ2v) is 5.37. The number of nitrogens with one attached hydrogen (secondary N) is 2. The molecule has 4 heteroatoms. The maximum Gasteiger partial charge on any atom is 0.233 e. The number of hydrogen-bond donors (Lipinski definition) is 2. The molecule has 16 heavy (non-hydrogen) atoms. The fourth-order valence-corrected chi connectivity index (χ4v) is 2.35. The summed E-state index contributed by atoms with van der Waals surface area (Å²) in [5, 5.41) is 8.05. The Morgan fingerprint density at radius 1 is 1.50 bits per heavy atom. The van der Waals surface area contributed by atoms with Crippen LogP contribution < -0.4 is 10.6 Å². The molecule has 0 spiro atoms. The number of amides is 1. The molecule has 0 aliphatic heterocycles. The van der Waals surface area contributed by atoms with Gasteiger partial charge in [0.1, 0.15) is 0 Å². The predicted octanol–water partition coefficient (Wildman–Crippen LogP) is 1.75. The van der Waals surface area contributed by atoms with Gasteiger partial charge in [0.05, 0.1) is 6.54 Å². The van der Waals surface area contributed by atoms with Crippen molar-refractivity contribution in [2.75, 3.05) is 19.6 Å². The monoisotopic (exact) mass is 240 g/mol. The number of carbonyl (C=O) groups excluding carboxylic acids is 1. The molecule has 0 radical (unpaired) electrons. The predicted molar refractivity (Wildman–Crippen MR) is 68.9 cm³/mol. The topological polar surface area (TPSA) is 41.1 Å². The minimum atomic E-state index is 0.0597. The Kier molecular flexibility index (Phi) is 4.96. The number of thiophene rings is 1. The van der Waals surface area contributed by atoms with E-state index in [-0.39, 0.29) is 11.3 Å². The van der Waals surface area contributed by atoms with Crippen molar-refractivity contribution in [2.24, 2.45) is 0 Å². The number of likely N-dealkylation sites (N-methyl/N-ethyl adjacent to an activating group) is 1. The first-order valence-corrected chi connectivity index (χ1v) is 6.45. The quantitative estimate of drug-likeness (QED) is 0.795. The Morgan fingerprint density at radius 3 is 2.81 bits per heavy atom. The lowest BCUT2D eigenvalue weighted by Crippen LogP contribution is -2.39. The molecule has 2 N–H and O–H groups in total. The minimum absolute atomic E-state index is 0.0597. The summed E-state index contributed by atoms with van der Waals surface area (Å²) < 4.78 is 0. The van der Waals surface area contributed by atoms with Crippen molar-refractivity contribution >= 4 is 17.2 Å². The van der Waals surface area contributed by atoms with Gasteiger partial charge in [0.25, 0.3) is 0 Å². The summed E-state index contributed by atoms with van der Waals surface area (Å²) in [6, 6.07) is 4.20. The van der Waals surface area contributed by atoms with Crippen molar-refractivity contribution in [2.45, 2.75) is 26.2 Å². The van der Waals surface area contributed by atoms with Crippen LogP contribution in [0.3, 0.4) is 0 Å². The molecule has 0 bridgehead atoms. The average molecular weight is 240 g/mol. The first-order valence-electron chi connectivity index (χ1n) is 5.57. The normalized spacial score (nSPS) is 11.4. The lowest BCUT2D eigenvalue weighted by molar-refractivity contribution is -0.120. The van der Waals surface area contributed by atoms with Crippen LogP contribution >= 0.6 is 11.3 Å². The zero-order chi connectivity index (χ0) is 12.0. The van der Waals surface area contributed by atoms with E-state index in [0.29, 0.717) is 13.1 Å². The molecule has 0 aromatic carbocycles. The van der Waals surface area contributed by atoms with Gasteiger partial charge in [0.15, 0.2) is 0 Å². The smallest absolute Gasteiger partial charge is 0.233 e. The van der Waals surface area contributed by atoms with Gasteiger partial charge in [0.2, 0.25) is 5.91 Å². The number of hydrogen-bond acceptors (Lipinski definition) is 3. The standard InChI is InChI=1S/C12H20N2OS/c1-4-14-11(15)8-13-9-12(2,3)10-6-5-7-16-10/h5-7,13H,4,8-9H2,1-3H3,(H,14,15). The van der Waals surface area contributed by atoms with Crippen LogP contribution in [-0.4, -0.2) is 25.5 Å². The van der Waals surface area contributed by atoms with Crippen LogP contribution in [0.2, 0.25) is 0 Å². The summed E-state index contributed by atoms with van der Waals surface area (Å²) >= 11 is 1.76. The van der Waals surface area contributed by atoms with Crippen molar-refractivity contribution in [1.82, 2.24) is 10.6 Å². The van der Waals surface area contributed by atoms with Gasteiger partial charge in [0, 0.05) is 23.4 Å². The molecular formula is C12H20N2OS. The SMILES string of the molecule is CCNC(=O)CNCC(C)(C)c1cccs1. The maximum absolute atomic E-state index is 11.2. The van der Waals surface area contributed by atoms with Crippen molar-refractivity contribution in [1.29, 1.82) is 0 Å². The molecule has 3 nitrogen and oxygen atoms in total. The van der Waals surface area contributed by atoms with E-state index in [9.17, 15) is 4.79 Å². The van der Waals surface area contributed by atoms with Crippen LogP contribution in [0.25, 0.3) is 0 Å². The molecule has 0 unspecified atom stereocenters. The highest BCUT2D eigenvalue weighted by atomic mass is 32.1. The molecule has 0 aliphatic carbocycles. The Bertz CT molecular complexity index is 320. The van der Waals surface area contributed by atoms with E-state index in [4.69, 9.17) is 0 Å². The van der Waals surface area contributed by atoms with Crippen LogP contribution in [0.1, 0.15) is 25.6 Å². The molecule has 0 saturated carbocycles. The van der Waals surface area contributed by atoms with Crippen LogP contribution in [-0.2, 0) is 10.2 Å². The molecule has 0 fully saturated rings. The molecule has 0 saturated heterocycles. The van der Waals surface area contributed by atoms with E-state index in [1.165, 1.54) is 4.88 Å². The van der Waals surface area contributed by atoms with Crippen LogP contribution in [0.5, 0.6) is 0 Å². The van der Waals surface area contributed by atoms with Crippen LogP contribution in [0.15, 0.2) is 17.5 Å². The van der Waals surface area contributed by atoms with E-state index in [2.05, 4.69) is 42.0 Å². The molecule has 1 heterocycles. The van der Waals surface area contributed by atoms with Crippen molar-refractivity contribution in [3.05, 3.63) is 22.4 Å². The van der Waals surface area contributed by atoms with E-state index in [1.807, 2.05) is 6.92 Å². The molecule has 1 aromatic heterocycles. The van der Waals surface area contributed by atoms with Gasteiger partial charge in [-0.25, -0.2) is 0 Å². The van der Waals surface area contributed by atoms with Crippen molar-refractivity contribution < 1.29 is 4.79 Å². The zero-order valence-electron chi connectivity index (χ0n) is 10.2. The average Bonchev–Trinajstić information content (AvgIpc) is 2.71. The lowest BCUT2D eigenvalue weighted by atomic mass is 9.91. The number of carbonyl (C=O) groups is 1. The molecule has 0 atom stereocenters. The highest BCUT2D eigenvalue weighted by Crippen LogP contribution is 2.26. The van der Waals surface area contributed by atoms with Gasteiger partial charge in [-0.2, -0.15) is 0 Å². The number of rotatable bonds is 6.